The van der Waals surface area contributed by atoms with Crippen molar-refractivity contribution in [2.24, 2.45) is 5.10 Å². The summed E-state index contributed by atoms with van der Waals surface area (Å²) in [5.41, 5.74) is 1.34. The molecule has 1 amide bonds. The van der Waals surface area contributed by atoms with Crippen LogP contribution in [0.1, 0.15) is 26.3 Å². The molecule has 0 unspecified atom stereocenters. The van der Waals surface area contributed by atoms with E-state index in [4.69, 9.17) is 4.74 Å². The third kappa shape index (κ3) is 4.90. The third-order valence-corrected chi connectivity index (χ3v) is 1.72. The van der Waals surface area contributed by atoms with E-state index >= 15 is 0 Å². The number of ether oxygens (including phenoxy) is 1. The van der Waals surface area contributed by atoms with Crippen LogP contribution in [0.15, 0.2) is 23.3 Å². The average Bonchev–Trinajstić information content (AvgIpc) is 2.20. The summed E-state index contributed by atoms with van der Waals surface area (Å²) in [7, 11) is 0. The van der Waals surface area contributed by atoms with Crippen molar-refractivity contribution >= 4 is 12.3 Å². The number of nitrogens with zero attached hydrogens (tertiary/aromatic N) is 1. The van der Waals surface area contributed by atoms with E-state index < -0.39 is 23.3 Å². The fourth-order valence-electron chi connectivity index (χ4n) is 1.07. The highest BCUT2D eigenvalue weighted by atomic mass is 19.1. The van der Waals surface area contributed by atoms with Crippen molar-refractivity contribution in [2.45, 2.75) is 26.4 Å². The predicted molar refractivity (Wildman–Crippen MR) is 63.3 cm³/mol. The minimum atomic E-state index is -0.768. The van der Waals surface area contributed by atoms with Gasteiger partial charge in [0, 0.05) is 5.56 Å². The highest BCUT2D eigenvalue weighted by Crippen LogP contribution is 2.08. The summed E-state index contributed by atoms with van der Waals surface area (Å²) >= 11 is 0. The van der Waals surface area contributed by atoms with Crippen LogP contribution in [0.25, 0.3) is 0 Å². The van der Waals surface area contributed by atoms with Crippen LogP contribution in [0.3, 0.4) is 0 Å². The molecule has 0 saturated carbocycles. The SMILES string of the molecule is CC(C)(C)OC(=O)N/N=C/c1cc(F)ccc1F. The molecule has 1 aromatic carbocycles. The van der Waals surface area contributed by atoms with Crippen molar-refractivity contribution in [1.29, 1.82) is 0 Å². The lowest BCUT2D eigenvalue weighted by atomic mass is 10.2. The largest absolute Gasteiger partial charge is 0.443 e. The Morgan fingerprint density at radius 3 is 2.67 bits per heavy atom. The summed E-state index contributed by atoms with van der Waals surface area (Å²) in [5, 5.41) is 3.47. The summed E-state index contributed by atoms with van der Waals surface area (Å²) in [4.78, 5) is 11.2. The minimum Gasteiger partial charge on any atom is -0.443 e. The van der Waals surface area contributed by atoms with E-state index in [1.54, 1.807) is 20.8 Å². The van der Waals surface area contributed by atoms with E-state index in [2.05, 4.69) is 10.5 Å². The molecule has 0 aromatic heterocycles. The number of carbonyl (C=O) groups excluding carboxylic acids is 1. The molecule has 1 aromatic rings. The first kappa shape index (κ1) is 14.1. The fourth-order valence-corrected chi connectivity index (χ4v) is 1.07. The molecule has 0 saturated heterocycles. The predicted octanol–water partition coefficient (Wildman–Crippen LogP) is 2.82. The number of rotatable bonds is 2. The van der Waals surface area contributed by atoms with Crippen LogP contribution >= 0.6 is 0 Å². The second kappa shape index (κ2) is 5.57. The van der Waals surface area contributed by atoms with Gasteiger partial charge in [-0.25, -0.2) is 19.0 Å². The highest BCUT2D eigenvalue weighted by Gasteiger charge is 2.15. The van der Waals surface area contributed by atoms with Gasteiger partial charge in [0.1, 0.15) is 17.2 Å². The van der Waals surface area contributed by atoms with Crippen LogP contribution in [0.4, 0.5) is 13.6 Å². The van der Waals surface area contributed by atoms with Gasteiger partial charge in [-0.05, 0) is 39.0 Å². The van der Waals surface area contributed by atoms with Gasteiger partial charge in [0.2, 0.25) is 0 Å². The Labute approximate surface area is 104 Å². The van der Waals surface area contributed by atoms with E-state index in [1.807, 2.05) is 0 Å². The van der Waals surface area contributed by atoms with Crippen LogP contribution in [0.2, 0.25) is 0 Å². The zero-order valence-electron chi connectivity index (χ0n) is 10.3. The molecule has 6 heteroatoms. The molecule has 4 nitrogen and oxygen atoms in total. The second-order valence-corrected chi connectivity index (χ2v) is 4.54. The van der Waals surface area contributed by atoms with Gasteiger partial charge in [0.05, 0.1) is 6.21 Å². The average molecular weight is 256 g/mol. The molecule has 1 rings (SSSR count). The number of halogens is 2. The van der Waals surface area contributed by atoms with Crippen molar-refractivity contribution in [1.82, 2.24) is 5.43 Å². The van der Waals surface area contributed by atoms with Gasteiger partial charge in [0.25, 0.3) is 0 Å². The Bertz CT molecular complexity index is 468. The molecule has 1 N–H and O–H groups in total. The van der Waals surface area contributed by atoms with E-state index in [0.717, 1.165) is 24.4 Å². The lowest BCUT2D eigenvalue weighted by Gasteiger charge is -2.18. The van der Waals surface area contributed by atoms with Crippen LogP contribution < -0.4 is 5.43 Å². The highest BCUT2D eigenvalue weighted by molar-refractivity contribution is 5.81. The molecule has 0 fully saturated rings. The Morgan fingerprint density at radius 1 is 1.39 bits per heavy atom. The number of benzene rings is 1. The second-order valence-electron chi connectivity index (χ2n) is 4.54. The number of hydrogen-bond acceptors (Lipinski definition) is 3. The molecule has 0 aliphatic rings. The number of hydrogen-bond donors (Lipinski definition) is 1. The van der Waals surface area contributed by atoms with Crippen molar-refractivity contribution in [3.63, 3.8) is 0 Å². The van der Waals surface area contributed by atoms with Crippen molar-refractivity contribution < 1.29 is 18.3 Å². The van der Waals surface area contributed by atoms with E-state index in [-0.39, 0.29) is 5.56 Å². The molecule has 0 spiro atoms. The number of hydrazone groups is 1. The zero-order valence-corrected chi connectivity index (χ0v) is 10.3. The lowest BCUT2D eigenvalue weighted by molar-refractivity contribution is 0.0529. The molecular formula is C12H14F2N2O2. The van der Waals surface area contributed by atoms with E-state index in [0.29, 0.717) is 0 Å². The zero-order chi connectivity index (χ0) is 13.8. The first-order valence-electron chi connectivity index (χ1n) is 5.25. The topological polar surface area (TPSA) is 50.7 Å². The Morgan fingerprint density at radius 2 is 2.06 bits per heavy atom. The van der Waals surface area contributed by atoms with Gasteiger partial charge in [-0.3, -0.25) is 0 Å². The maximum atomic E-state index is 13.2. The number of amides is 1. The molecule has 0 aliphatic heterocycles. The van der Waals surface area contributed by atoms with Gasteiger partial charge >= 0.3 is 6.09 Å². The minimum absolute atomic E-state index is 0.0638. The third-order valence-electron chi connectivity index (χ3n) is 1.72. The summed E-state index contributed by atoms with van der Waals surface area (Å²) in [6.45, 7) is 5.09. The van der Waals surface area contributed by atoms with Crippen LogP contribution in [0.5, 0.6) is 0 Å². The van der Waals surface area contributed by atoms with Crippen molar-refractivity contribution in [2.75, 3.05) is 0 Å². The number of carbonyl (C=O) groups is 1. The monoisotopic (exact) mass is 256 g/mol. The van der Waals surface area contributed by atoms with Gasteiger partial charge in [0.15, 0.2) is 0 Å². The Hall–Kier alpha value is -1.98. The van der Waals surface area contributed by atoms with E-state index in [9.17, 15) is 13.6 Å². The summed E-state index contributed by atoms with van der Waals surface area (Å²) in [6.07, 6.45) is 0.234. The molecule has 0 heterocycles. The lowest BCUT2D eigenvalue weighted by Crippen LogP contribution is -2.29. The summed E-state index contributed by atoms with van der Waals surface area (Å²) < 4.78 is 30.9. The molecule has 98 valence electrons. The van der Waals surface area contributed by atoms with Gasteiger partial charge in [-0.1, -0.05) is 0 Å². The maximum absolute atomic E-state index is 13.2. The first-order chi connectivity index (χ1) is 8.28. The number of nitrogens with one attached hydrogen (secondary N) is 1. The molecule has 18 heavy (non-hydrogen) atoms. The molecule has 0 bridgehead atoms. The van der Waals surface area contributed by atoms with Crippen LogP contribution in [-0.4, -0.2) is 17.9 Å². The van der Waals surface area contributed by atoms with Crippen LogP contribution in [-0.2, 0) is 4.74 Å². The van der Waals surface area contributed by atoms with Crippen molar-refractivity contribution in [3.05, 3.63) is 35.4 Å². The first-order valence-corrected chi connectivity index (χ1v) is 5.25. The molecular weight excluding hydrogens is 242 g/mol. The van der Waals surface area contributed by atoms with Gasteiger partial charge in [-0.15, -0.1) is 0 Å². The van der Waals surface area contributed by atoms with Crippen LogP contribution in [0, 0.1) is 11.6 Å². The smallest absolute Gasteiger partial charge is 0.428 e. The molecule has 0 radical (unpaired) electrons. The standard InChI is InChI=1S/C12H14F2N2O2/c1-12(2,3)18-11(17)16-15-7-8-6-9(13)4-5-10(8)14/h4-7H,1-3H3,(H,16,17)/b15-7+. The summed E-state index contributed by atoms with van der Waals surface area (Å²) in [6, 6.07) is 2.94. The Balaban J connectivity index is 2.60. The fraction of sp³-hybridized carbons (Fsp3) is 0.333. The normalized spacial score (nSPS) is 11.6. The summed E-state index contributed by atoms with van der Waals surface area (Å²) in [5.74, 6) is -1.22. The Kier molecular flexibility index (Phi) is 4.36. The van der Waals surface area contributed by atoms with Gasteiger partial charge in [-0.2, -0.15) is 5.10 Å². The quantitative estimate of drug-likeness (QED) is 0.653. The maximum Gasteiger partial charge on any atom is 0.428 e. The molecule has 0 atom stereocenters. The molecule has 0 aliphatic carbocycles. The van der Waals surface area contributed by atoms with E-state index in [1.165, 1.54) is 0 Å². The van der Waals surface area contributed by atoms with Crippen molar-refractivity contribution in [3.8, 4) is 0 Å². The van der Waals surface area contributed by atoms with Gasteiger partial charge < -0.3 is 4.74 Å².